The summed E-state index contributed by atoms with van der Waals surface area (Å²) in [5.41, 5.74) is 7.07. The summed E-state index contributed by atoms with van der Waals surface area (Å²) in [5.74, 6) is -0.336. The van der Waals surface area contributed by atoms with E-state index in [0.717, 1.165) is 41.4 Å². The van der Waals surface area contributed by atoms with Crippen molar-refractivity contribution in [2.24, 2.45) is 5.73 Å². The van der Waals surface area contributed by atoms with Gasteiger partial charge in [0.1, 0.15) is 17.4 Å². The Morgan fingerprint density at radius 3 is 2.74 bits per heavy atom. The molecule has 1 aliphatic heterocycles. The largest absolute Gasteiger partial charge is 0.365 e. The van der Waals surface area contributed by atoms with Crippen molar-refractivity contribution in [3.8, 4) is 0 Å². The van der Waals surface area contributed by atoms with Gasteiger partial charge >= 0.3 is 0 Å². The van der Waals surface area contributed by atoms with Crippen molar-refractivity contribution in [2.45, 2.75) is 31.2 Å². The van der Waals surface area contributed by atoms with E-state index in [-0.39, 0.29) is 11.7 Å². The Kier molecular flexibility index (Phi) is 6.51. The number of amides is 2. The quantitative estimate of drug-likeness (QED) is 0.614. The number of benzene rings is 1. The number of rotatable bonds is 7. The number of halogens is 1. The molecule has 2 heterocycles. The van der Waals surface area contributed by atoms with Crippen LogP contribution in [0, 0.1) is 5.82 Å². The molecule has 1 aliphatic rings. The van der Waals surface area contributed by atoms with E-state index in [1.165, 1.54) is 40.1 Å². The molecule has 2 aromatic rings. The van der Waals surface area contributed by atoms with Crippen molar-refractivity contribution in [3.05, 3.63) is 46.1 Å². The van der Waals surface area contributed by atoms with Gasteiger partial charge in [-0.05, 0) is 36.8 Å². The van der Waals surface area contributed by atoms with Gasteiger partial charge in [0.2, 0.25) is 5.91 Å². The molecular formula is C19H23FN3O2S2+. The monoisotopic (exact) mass is 408 g/mol. The maximum absolute atomic E-state index is 12.9. The van der Waals surface area contributed by atoms with Gasteiger partial charge in [0, 0.05) is 23.5 Å². The lowest BCUT2D eigenvalue weighted by atomic mass is 10.0. The van der Waals surface area contributed by atoms with Crippen LogP contribution in [-0.4, -0.2) is 30.7 Å². The first-order valence-electron chi connectivity index (χ1n) is 8.94. The number of carbonyl (C=O) groups excluding carboxylic acids is 2. The smallest absolute Gasteiger partial charge is 0.252 e. The van der Waals surface area contributed by atoms with Crippen LogP contribution in [0.2, 0.25) is 0 Å². The van der Waals surface area contributed by atoms with Crippen LogP contribution in [0.15, 0.2) is 29.2 Å². The molecule has 0 radical (unpaired) electrons. The second-order valence-corrected chi connectivity index (χ2v) is 8.73. The fourth-order valence-corrected chi connectivity index (χ4v) is 5.36. The van der Waals surface area contributed by atoms with Gasteiger partial charge in [-0.2, -0.15) is 0 Å². The first kappa shape index (κ1) is 19.9. The third kappa shape index (κ3) is 4.88. The van der Waals surface area contributed by atoms with Crippen LogP contribution in [0.3, 0.4) is 0 Å². The van der Waals surface area contributed by atoms with E-state index in [2.05, 4.69) is 12.2 Å². The average Bonchev–Trinajstić information content (AvgIpc) is 3.00. The molecule has 0 fully saturated rings. The summed E-state index contributed by atoms with van der Waals surface area (Å²) >= 11 is 2.96. The SMILES string of the molecule is CC[NH+]1CCc2c(sc(NC(=O)CCSc3ccc(F)cc3)c2C(N)=O)C1. The number of likely N-dealkylation sites (N-methyl/N-ethyl adjacent to an activating group) is 1. The van der Waals surface area contributed by atoms with Gasteiger partial charge in [-0.1, -0.05) is 0 Å². The van der Waals surface area contributed by atoms with Crippen LogP contribution in [0.5, 0.6) is 0 Å². The fraction of sp³-hybridized carbons (Fsp3) is 0.368. The number of hydrogen-bond acceptors (Lipinski definition) is 4. The molecule has 0 spiro atoms. The summed E-state index contributed by atoms with van der Waals surface area (Å²) < 4.78 is 12.9. The zero-order valence-corrected chi connectivity index (χ0v) is 16.8. The van der Waals surface area contributed by atoms with Crippen molar-refractivity contribution in [1.29, 1.82) is 0 Å². The molecule has 1 atom stereocenters. The molecule has 8 heteroatoms. The Morgan fingerprint density at radius 1 is 1.33 bits per heavy atom. The molecule has 5 nitrogen and oxygen atoms in total. The van der Waals surface area contributed by atoms with Gasteiger partial charge in [0.15, 0.2) is 0 Å². The zero-order chi connectivity index (χ0) is 19.4. The van der Waals surface area contributed by atoms with Gasteiger partial charge in [-0.3, -0.25) is 9.59 Å². The van der Waals surface area contributed by atoms with Gasteiger partial charge < -0.3 is 16.0 Å². The normalized spacial score (nSPS) is 16.0. The van der Waals surface area contributed by atoms with E-state index >= 15 is 0 Å². The standard InChI is InChI=1S/C19H22FN3O2S2/c1-2-23-9-7-14-15(11-23)27-19(17(14)18(21)25)22-16(24)8-10-26-13-5-3-12(20)4-6-13/h3-6H,2,7-11H2,1H3,(H2,21,25)(H,22,24)/p+1. The number of nitrogens with one attached hydrogen (secondary N) is 2. The number of anilines is 1. The number of primary amides is 1. The molecular weight excluding hydrogens is 385 g/mol. The van der Waals surface area contributed by atoms with Crippen molar-refractivity contribution < 1.29 is 18.9 Å². The number of nitrogens with two attached hydrogens (primary N) is 1. The lowest BCUT2D eigenvalue weighted by molar-refractivity contribution is -0.913. The minimum absolute atomic E-state index is 0.148. The van der Waals surface area contributed by atoms with Gasteiger partial charge in [-0.25, -0.2) is 4.39 Å². The van der Waals surface area contributed by atoms with E-state index in [1.54, 1.807) is 12.1 Å². The topological polar surface area (TPSA) is 76.6 Å². The van der Waals surface area contributed by atoms with Crippen molar-refractivity contribution in [1.82, 2.24) is 0 Å². The Bertz CT molecular complexity index is 836. The van der Waals surface area contributed by atoms with Gasteiger partial charge in [0.25, 0.3) is 5.91 Å². The summed E-state index contributed by atoms with van der Waals surface area (Å²) in [6.07, 6.45) is 1.11. The van der Waals surface area contributed by atoms with E-state index < -0.39 is 5.91 Å². The van der Waals surface area contributed by atoms with Gasteiger partial charge in [0.05, 0.1) is 23.5 Å². The van der Waals surface area contributed by atoms with E-state index in [4.69, 9.17) is 5.73 Å². The van der Waals surface area contributed by atoms with Crippen molar-refractivity contribution in [2.75, 3.05) is 24.2 Å². The van der Waals surface area contributed by atoms with Crippen LogP contribution in [0.1, 0.15) is 34.1 Å². The number of thioether (sulfide) groups is 1. The summed E-state index contributed by atoms with van der Waals surface area (Å²) in [4.78, 5) is 27.8. The van der Waals surface area contributed by atoms with Crippen LogP contribution in [-0.2, 0) is 17.8 Å². The second-order valence-electron chi connectivity index (χ2n) is 6.45. The summed E-state index contributed by atoms with van der Waals surface area (Å²) in [6.45, 7) is 5.02. The van der Waals surface area contributed by atoms with Crippen molar-refractivity contribution >= 4 is 39.9 Å². The lowest BCUT2D eigenvalue weighted by Crippen LogP contribution is -3.11. The third-order valence-corrected chi connectivity index (χ3v) is 6.80. The number of fused-ring (bicyclic) bond motifs is 1. The summed E-state index contributed by atoms with van der Waals surface area (Å²) in [5, 5.41) is 3.44. The minimum atomic E-state index is -0.483. The molecule has 2 amide bonds. The highest BCUT2D eigenvalue weighted by molar-refractivity contribution is 7.99. The van der Waals surface area contributed by atoms with E-state index in [9.17, 15) is 14.0 Å². The first-order chi connectivity index (χ1) is 13.0. The predicted octanol–water partition coefficient (Wildman–Crippen LogP) is 2.07. The van der Waals surface area contributed by atoms with Crippen LogP contribution in [0.25, 0.3) is 0 Å². The molecule has 27 heavy (non-hydrogen) atoms. The number of hydrogen-bond donors (Lipinski definition) is 3. The molecule has 3 rings (SSSR count). The third-order valence-electron chi connectivity index (χ3n) is 4.64. The van der Waals surface area contributed by atoms with Gasteiger partial charge in [-0.15, -0.1) is 23.1 Å². The number of carbonyl (C=O) groups is 2. The van der Waals surface area contributed by atoms with Crippen LogP contribution in [0.4, 0.5) is 9.39 Å². The molecule has 4 N–H and O–H groups in total. The maximum Gasteiger partial charge on any atom is 0.252 e. The number of quaternary nitrogens is 1. The highest BCUT2D eigenvalue weighted by atomic mass is 32.2. The Hall–Kier alpha value is -1.90. The average molecular weight is 409 g/mol. The summed E-state index contributed by atoms with van der Waals surface area (Å²) in [7, 11) is 0. The first-order valence-corrected chi connectivity index (χ1v) is 10.7. The summed E-state index contributed by atoms with van der Waals surface area (Å²) in [6, 6.07) is 6.19. The molecule has 1 aromatic heterocycles. The number of thiophene rings is 1. The highest BCUT2D eigenvalue weighted by Crippen LogP contribution is 2.34. The molecule has 1 unspecified atom stereocenters. The van der Waals surface area contributed by atoms with Crippen molar-refractivity contribution in [3.63, 3.8) is 0 Å². The molecule has 0 saturated carbocycles. The molecule has 0 bridgehead atoms. The fourth-order valence-electron chi connectivity index (χ4n) is 3.17. The molecule has 1 aromatic carbocycles. The van der Waals surface area contributed by atoms with E-state index in [1.807, 2.05) is 0 Å². The molecule has 0 saturated heterocycles. The van der Waals surface area contributed by atoms with E-state index in [0.29, 0.717) is 22.7 Å². The predicted molar refractivity (Wildman–Crippen MR) is 107 cm³/mol. The Morgan fingerprint density at radius 2 is 2.07 bits per heavy atom. The second kappa shape index (κ2) is 8.86. The Labute approximate surface area is 166 Å². The molecule has 0 aliphatic carbocycles. The van der Waals surface area contributed by atoms with Crippen LogP contribution >= 0.6 is 23.1 Å². The Balaban J connectivity index is 1.62. The van der Waals surface area contributed by atoms with Crippen LogP contribution < -0.4 is 16.0 Å². The highest BCUT2D eigenvalue weighted by Gasteiger charge is 2.29. The minimum Gasteiger partial charge on any atom is -0.365 e. The maximum atomic E-state index is 12.9. The lowest BCUT2D eigenvalue weighted by Gasteiger charge is -2.22. The zero-order valence-electron chi connectivity index (χ0n) is 15.1. The molecule has 144 valence electrons.